The van der Waals surface area contributed by atoms with Crippen molar-refractivity contribution >= 4 is 27.6 Å². The third-order valence-corrected chi connectivity index (χ3v) is 3.94. The van der Waals surface area contributed by atoms with Crippen LogP contribution in [0.25, 0.3) is 0 Å². The molecule has 1 aromatic carbocycles. The van der Waals surface area contributed by atoms with E-state index in [0.29, 0.717) is 6.42 Å². The second-order valence-corrected chi connectivity index (χ2v) is 5.37. The third kappa shape index (κ3) is 3.05. The van der Waals surface area contributed by atoms with Crippen molar-refractivity contribution in [2.75, 3.05) is 25.1 Å². The molecule has 98 valence electrons. The Morgan fingerprint density at radius 3 is 3.11 bits per heavy atom. The van der Waals surface area contributed by atoms with Crippen LogP contribution in [0.2, 0.25) is 0 Å². The highest BCUT2D eigenvalue weighted by atomic mass is 79.9. The van der Waals surface area contributed by atoms with Crippen molar-refractivity contribution in [3.8, 4) is 0 Å². The quantitative estimate of drug-likeness (QED) is 0.800. The van der Waals surface area contributed by atoms with E-state index < -0.39 is 0 Å². The van der Waals surface area contributed by atoms with E-state index in [1.54, 1.807) is 0 Å². The molecule has 1 heterocycles. The van der Waals surface area contributed by atoms with Crippen LogP contribution in [-0.4, -0.2) is 26.2 Å². The first-order chi connectivity index (χ1) is 8.72. The lowest BCUT2D eigenvalue weighted by Gasteiger charge is -2.32. The molecule has 0 saturated carbocycles. The van der Waals surface area contributed by atoms with Crippen molar-refractivity contribution in [1.82, 2.24) is 0 Å². The van der Waals surface area contributed by atoms with Gasteiger partial charge < -0.3 is 9.64 Å². The zero-order valence-corrected chi connectivity index (χ0v) is 12.2. The Balaban J connectivity index is 2.01. The van der Waals surface area contributed by atoms with Crippen LogP contribution < -0.4 is 4.90 Å². The molecule has 0 N–H and O–H groups in total. The molecule has 18 heavy (non-hydrogen) atoms. The molecule has 1 aliphatic heterocycles. The number of fused-ring (bicyclic) bond motifs is 1. The van der Waals surface area contributed by atoms with Gasteiger partial charge in [0.05, 0.1) is 12.8 Å². The summed E-state index contributed by atoms with van der Waals surface area (Å²) in [5, 5.41) is 0. The molecule has 2 rings (SSSR count). The van der Waals surface area contributed by atoms with E-state index in [9.17, 15) is 4.79 Å². The van der Waals surface area contributed by atoms with Gasteiger partial charge in [0.15, 0.2) is 0 Å². The van der Waals surface area contributed by atoms with Crippen LogP contribution in [0.4, 0.5) is 5.69 Å². The van der Waals surface area contributed by atoms with E-state index in [0.717, 1.165) is 30.4 Å². The summed E-state index contributed by atoms with van der Waals surface area (Å²) in [6.07, 6.45) is 3.66. The van der Waals surface area contributed by atoms with Crippen LogP contribution in [0.5, 0.6) is 0 Å². The number of ether oxygens (including phenoxy) is 1. The minimum Gasteiger partial charge on any atom is -0.469 e. The highest BCUT2D eigenvalue weighted by Crippen LogP contribution is 2.34. The zero-order chi connectivity index (χ0) is 13.0. The number of hydrogen-bond donors (Lipinski definition) is 0. The summed E-state index contributed by atoms with van der Waals surface area (Å²) in [6, 6.07) is 6.35. The van der Waals surface area contributed by atoms with E-state index >= 15 is 0 Å². The number of methoxy groups -OCH3 is 1. The Kier molecular flexibility index (Phi) is 4.64. The van der Waals surface area contributed by atoms with Crippen molar-refractivity contribution in [3.63, 3.8) is 0 Å². The monoisotopic (exact) mass is 311 g/mol. The Morgan fingerprint density at radius 2 is 2.33 bits per heavy atom. The Labute approximate surface area is 116 Å². The summed E-state index contributed by atoms with van der Waals surface area (Å²) in [6.45, 7) is 1.97. The molecule has 4 heteroatoms. The number of esters is 1. The smallest absolute Gasteiger partial charge is 0.305 e. The van der Waals surface area contributed by atoms with Crippen molar-refractivity contribution in [3.05, 3.63) is 28.2 Å². The van der Waals surface area contributed by atoms with Crippen LogP contribution in [0.15, 0.2) is 22.7 Å². The van der Waals surface area contributed by atoms with Gasteiger partial charge in [-0.25, -0.2) is 0 Å². The predicted molar refractivity (Wildman–Crippen MR) is 75.9 cm³/mol. The number of rotatable bonds is 4. The van der Waals surface area contributed by atoms with E-state index in [1.807, 2.05) is 0 Å². The summed E-state index contributed by atoms with van der Waals surface area (Å²) in [5.74, 6) is -0.126. The molecule has 1 aliphatic rings. The number of aryl methyl sites for hydroxylation is 1. The van der Waals surface area contributed by atoms with E-state index in [2.05, 4.69) is 43.8 Å². The van der Waals surface area contributed by atoms with Gasteiger partial charge in [0, 0.05) is 24.0 Å². The maximum absolute atomic E-state index is 11.1. The molecule has 0 fully saturated rings. The van der Waals surface area contributed by atoms with Crippen LogP contribution in [-0.2, 0) is 16.0 Å². The zero-order valence-electron chi connectivity index (χ0n) is 10.6. The first kappa shape index (κ1) is 13.4. The molecular weight excluding hydrogens is 294 g/mol. The Bertz CT molecular complexity index is 434. The van der Waals surface area contributed by atoms with E-state index in [-0.39, 0.29) is 5.97 Å². The summed E-state index contributed by atoms with van der Waals surface area (Å²) in [4.78, 5) is 13.5. The number of halogens is 1. The minimum absolute atomic E-state index is 0.126. The number of carbonyl (C=O) groups is 1. The van der Waals surface area contributed by atoms with Gasteiger partial charge in [-0.1, -0.05) is 12.1 Å². The molecule has 0 unspecified atom stereocenters. The number of carbonyl (C=O) groups excluding carboxylic acids is 1. The topological polar surface area (TPSA) is 29.5 Å². The maximum Gasteiger partial charge on any atom is 0.305 e. The van der Waals surface area contributed by atoms with Crippen LogP contribution in [0.1, 0.15) is 24.8 Å². The van der Waals surface area contributed by atoms with E-state index in [1.165, 1.54) is 24.8 Å². The predicted octanol–water partition coefficient (Wildman–Crippen LogP) is 3.15. The first-order valence-electron chi connectivity index (χ1n) is 6.31. The molecule has 0 bridgehead atoms. The molecule has 3 nitrogen and oxygen atoms in total. The van der Waals surface area contributed by atoms with Gasteiger partial charge in [0.25, 0.3) is 0 Å². The van der Waals surface area contributed by atoms with Crippen LogP contribution in [0.3, 0.4) is 0 Å². The molecular formula is C14H18BrNO2. The lowest BCUT2D eigenvalue weighted by molar-refractivity contribution is -0.140. The molecule has 0 aliphatic carbocycles. The highest BCUT2D eigenvalue weighted by molar-refractivity contribution is 9.10. The third-order valence-electron chi connectivity index (χ3n) is 3.30. The lowest BCUT2D eigenvalue weighted by atomic mass is 10.0. The normalized spacial score (nSPS) is 14.2. The molecule has 1 aromatic rings. The number of para-hydroxylation sites is 1. The van der Waals surface area contributed by atoms with Gasteiger partial charge in [-0.2, -0.15) is 0 Å². The molecule has 0 saturated heterocycles. The Morgan fingerprint density at radius 1 is 1.50 bits per heavy atom. The fourth-order valence-electron chi connectivity index (χ4n) is 2.43. The van der Waals surface area contributed by atoms with Crippen molar-refractivity contribution in [2.24, 2.45) is 0 Å². The number of benzene rings is 1. The molecule has 0 aromatic heterocycles. The maximum atomic E-state index is 11.1. The first-order valence-corrected chi connectivity index (χ1v) is 7.11. The van der Waals surface area contributed by atoms with Gasteiger partial charge in [0.1, 0.15) is 0 Å². The Hall–Kier alpha value is -1.03. The van der Waals surface area contributed by atoms with Crippen LogP contribution >= 0.6 is 15.9 Å². The molecule has 0 atom stereocenters. The van der Waals surface area contributed by atoms with Gasteiger partial charge >= 0.3 is 5.97 Å². The fourth-order valence-corrected chi connectivity index (χ4v) is 3.09. The SMILES string of the molecule is COC(=O)CCCN1CCCc2cccc(Br)c21. The van der Waals surface area contributed by atoms with Crippen molar-refractivity contribution < 1.29 is 9.53 Å². The summed E-state index contributed by atoms with van der Waals surface area (Å²) < 4.78 is 5.82. The number of hydrogen-bond acceptors (Lipinski definition) is 3. The standard InChI is InChI=1S/C14H18BrNO2/c1-18-13(17)8-4-10-16-9-3-6-11-5-2-7-12(15)14(11)16/h2,5,7H,3-4,6,8-10H2,1H3. The average molecular weight is 312 g/mol. The van der Waals surface area contributed by atoms with Gasteiger partial charge in [-0.15, -0.1) is 0 Å². The number of nitrogens with zero attached hydrogens (tertiary/aromatic N) is 1. The van der Waals surface area contributed by atoms with Gasteiger partial charge in [-0.3, -0.25) is 4.79 Å². The van der Waals surface area contributed by atoms with Gasteiger partial charge in [0.2, 0.25) is 0 Å². The van der Waals surface area contributed by atoms with E-state index in [4.69, 9.17) is 0 Å². The largest absolute Gasteiger partial charge is 0.469 e. The molecule has 0 amide bonds. The van der Waals surface area contributed by atoms with Gasteiger partial charge in [-0.05, 0) is 46.8 Å². The second kappa shape index (κ2) is 6.23. The summed E-state index contributed by atoms with van der Waals surface area (Å²) in [5.41, 5.74) is 2.70. The molecule has 0 spiro atoms. The second-order valence-electron chi connectivity index (χ2n) is 4.52. The molecule has 0 radical (unpaired) electrons. The summed E-state index contributed by atoms with van der Waals surface area (Å²) >= 11 is 3.62. The lowest BCUT2D eigenvalue weighted by Crippen LogP contribution is -2.31. The summed E-state index contributed by atoms with van der Waals surface area (Å²) in [7, 11) is 1.44. The van der Waals surface area contributed by atoms with Crippen molar-refractivity contribution in [1.29, 1.82) is 0 Å². The highest BCUT2D eigenvalue weighted by Gasteiger charge is 2.18. The van der Waals surface area contributed by atoms with Crippen molar-refractivity contribution in [2.45, 2.75) is 25.7 Å². The van der Waals surface area contributed by atoms with Crippen LogP contribution in [0, 0.1) is 0 Å². The number of anilines is 1. The fraction of sp³-hybridized carbons (Fsp3) is 0.500. The minimum atomic E-state index is -0.126. The average Bonchev–Trinajstić information content (AvgIpc) is 2.39.